The molecule has 114 valence electrons. The Kier molecular flexibility index (Phi) is 4.75. The summed E-state index contributed by atoms with van der Waals surface area (Å²) < 4.78 is 2.33. The van der Waals surface area contributed by atoms with Gasteiger partial charge in [0.15, 0.2) is 0 Å². The maximum atomic E-state index is 6.47. The first-order valence-corrected chi connectivity index (χ1v) is 8.88. The van der Waals surface area contributed by atoms with E-state index in [2.05, 4.69) is 11.5 Å². The monoisotopic (exact) mass is 324 g/mol. The number of benzene rings is 1. The standard InChI is InChI=1S/C17H22Cl2N2/c1-2-15(12-7-4-3-5-8-12)21-16(11-18)20-14-10-6-9-13(19)17(14)21/h6,9-10,12,15H,2-5,7-8,11H2,1H3. The van der Waals surface area contributed by atoms with Crippen LogP contribution < -0.4 is 0 Å². The van der Waals surface area contributed by atoms with E-state index in [0.717, 1.165) is 34.2 Å². The van der Waals surface area contributed by atoms with Crippen LogP contribution in [0.15, 0.2) is 18.2 Å². The largest absolute Gasteiger partial charge is 0.322 e. The van der Waals surface area contributed by atoms with E-state index in [-0.39, 0.29) is 0 Å². The Morgan fingerprint density at radius 3 is 2.71 bits per heavy atom. The van der Waals surface area contributed by atoms with Gasteiger partial charge in [-0.3, -0.25) is 0 Å². The molecule has 0 spiro atoms. The molecule has 2 aromatic rings. The van der Waals surface area contributed by atoms with Crippen LogP contribution >= 0.6 is 23.2 Å². The maximum absolute atomic E-state index is 6.47. The quantitative estimate of drug-likeness (QED) is 0.634. The van der Waals surface area contributed by atoms with Gasteiger partial charge in [-0.2, -0.15) is 0 Å². The minimum atomic E-state index is 0.439. The molecule has 1 aromatic carbocycles. The van der Waals surface area contributed by atoms with Gasteiger partial charge >= 0.3 is 0 Å². The fourth-order valence-corrected chi connectivity index (χ4v) is 4.30. The van der Waals surface area contributed by atoms with Crippen LogP contribution in [0.1, 0.15) is 57.3 Å². The number of fused-ring (bicyclic) bond motifs is 1. The van der Waals surface area contributed by atoms with E-state index >= 15 is 0 Å². The molecule has 0 radical (unpaired) electrons. The third kappa shape index (κ3) is 2.80. The van der Waals surface area contributed by atoms with Crippen LogP contribution in [0.5, 0.6) is 0 Å². The first kappa shape index (κ1) is 15.2. The number of imidazole rings is 1. The summed E-state index contributed by atoms with van der Waals surface area (Å²) >= 11 is 12.6. The number of alkyl halides is 1. The first-order chi connectivity index (χ1) is 10.3. The lowest BCUT2D eigenvalue weighted by atomic mass is 9.82. The van der Waals surface area contributed by atoms with E-state index in [1.165, 1.54) is 32.1 Å². The van der Waals surface area contributed by atoms with Gasteiger partial charge in [-0.05, 0) is 37.3 Å². The van der Waals surface area contributed by atoms with Gasteiger partial charge in [0, 0.05) is 6.04 Å². The van der Waals surface area contributed by atoms with E-state index in [4.69, 9.17) is 28.2 Å². The average molecular weight is 325 g/mol. The number of nitrogens with zero attached hydrogens (tertiary/aromatic N) is 2. The molecule has 1 aliphatic rings. The van der Waals surface area contributed by atoms with Crippen molar-refractivity contribution in [1.29, 1.82) is 0 Å². The summed E-state index contributed by atoms with van der Waals surface area (Å²) in [6.07, 6.45) is 7.79. The summed E-state index contributed by atoms with van der Waals surface area (Å²) in [7, 11) is 0. The highest BCUT2D eigenvalue weighted by Crippen LogP contribution is 2.39. The second kappa shape index (κ2) is 6.58. The van der Waals surface area contributed by atoms with Crippen LogP contribution in [0.25, 0.3) is 11.0 Å². The van der Waals surface area contributed by atoms with Crippen molar-refractivity contribution in [1.82, 2.24) is 9.55 Å². The lowest BCUT2D eigenvalue weighted by Crippen LogP contribution is -2.22. The van der Waals surface area contributed by atoms with Crippen LogP contribution in [0.3, 0.4) is 0 Å². The highest BCUT2D eigenvalue weighted by molar-refractivity contribution is 6.35. The molecule has 21 heavy (non-hydrogen) atoms. The molecule has 0 amide bonds. The van der Waals surface area contributed by atoms with Crippen molar-refractivity contribution in [2.45, 2.75) is 57.4 Å². The summed E-state index contributed by atoms with van der Waals surface area (Å²) in [6.45, 7) is 2.26. The van der Waals surface area contributed by atoms with Crippen molar-refractivity contribution in [2.75, 3.05) is 0 Å². The van der Waals surface area contributed by atoms with Crippen LogP contribution in [-0.2, 0) is 5.88 Å². The molecule has 0 aliphatic heterocycles. The van der Waals surface area contributed by atoms with Crippen LogP contribution in [0, 0.1) is 5.92 Å². The fraction of sp³-hybridized carbons (Fsp3) is 0.588. The predicted octanol–water partition coefficient (Wildman–Crippen LogP) is 5.96. The maximum Gasteiger partial charge on any atom is 0.125 e. The smallest absolute Gasteiger partial charge is 0.125 e. The summed E-state index contributed by atoms with van der Waals surface area (Å²) in [5, 5.41) is 0.783. The van der Waals surface area contributed by atoms with Gasteiger partial charge in [0.2, 0.25) is 0 Å². The predicted molar refractivity (Wildman–Crippen MR) is 90.2 cm³/mol. The minimum absolute atomic E-state index is 0.439. The van der Waals surface area contributed by atoms with E-state index < -0.39 is 0 Å². The fourth-order valence-electron chi connectivity index (χ4n) is 3.85. The Balaban J connectivity index is 2.11. The zero-order valence-electron chi connectivity index (χ0n) is 12.5. The van der Waals surface area contributed by atoms with Crippen molar-refractivity contribution >= 4 is 34.2 Å². The van der Waals surface area contributed by atoms with Crippen LogP contribution in [0.4, 0.5) is 0 Å². The topological polar surface area (TPSA) is 17.8 Å². The molecule has 1 aliphatic carbocycles. The Bertz CT molecular complexity index is 615. The Morgan fingerprint density at radius 1 is 1.29 bits per heavy atom. The van der Waals surface area contributed by atoms with Crippen molar-refractivity contribution in [3.05, 3.63) is 29.0 Å². The van der Waals surface area contributed by atoms with Crippen molar-refractivity contribution < 1.29 is 0 Å². The molecule has 1 aromatic heterocycles. The summed E-state index contributed by atoms with van der Waals surface area (Å²) in [5.74, 6) is 2.12. The molecule has 1 heterocycles. The van der Waals surface area contributed by atoms with Crippen molar-refractivity contribution in [3.8, 4) is 0 Å². The Hall–Kier alpha value is -0.730. The summed E-state index contributed by atoms with van der Waals surface area (Å²) in [4.78, 5) is 4.70. The Morgan fingerprint density at radius 2 is 2.05 bits per heavy atom. The number of halogens is 2. The van der Waals surface area contributed by atoms with Crippen LogP contribution in [0.2, 0.25) is 5.02 Å². The molecular weight excluding hydrogens is 303 g/mol. The van der Waals surface area contributed by atoms with E-state index in [1.807, 2.05) is 18.2 Å². The van der Waals surface area contributed by atoms with E-state index in [9.17, 15) is 0 Å². The molecular formula is C17H22Cl2N2. The average Bonchev–Trinajstić information content (AvgIpc) is 2.89. The van der Waals surface area contributed by atoms with Gasteiger partial charge in [0.25, 0.3) is 0 Å². The van der Waals surface area contributed by atoms with Crippen molar-refractivity contribution in [2.24, 2.45) is 5.92 Å². The lowest BCUT2D eigenvalue weighted by Gasteiger charge is -2.32. The number of aromatic nitrogens is 2. The van der Waals surface area contributed by atoms with E-state index in [1.54, 1.807) is 0 Å². The molecule has 4 heteroatoms. The van der Waals surface area contributed by atoms with Crippen LogP contribution in [-0.4, -0.2) is 9.55 Å². The molecule has 1 fully saturated rings. The van der Waals surface area contributed by atoms with Gasteiger partial charge in [0.1, 0.15) is 5.82 Å². The highest BCUT2D eigenvalue weighted by Gasteiger charge is 2.27. The van der Waals surface area contributed by atoms with Gasteiger partial charge < -0.3 is 4.57 Å². The zero-order chi connectivity index (χ0) is 14.8. The molecule has 1 atom stereocenters. The molecule has 0 N–H and O–H groups in total. The van der Waals surface area contributed by atoms with Crippen molar-refractivity contribution in [3.63, 3.8) is 0 Å². The van der Waals surface area contributed by atoms with Gasteiger partial charge in [-0.25, -0.2) is 4.98 Å². The van der Waals surface area contributed by atoms with E-state index in [0.29, 0.717) is 11.9 Å². The molecule has 0 bridgehead atoms. The highest BCUT2D eigenvalue weighted by atomic mass is 35.5. The number of para-hydroxylation sites is 1. The normalized spacial score (nSPS) is 18.2. The van der Waals surface area contributed by atoms with Gasteiger partial charge in [-0.1, -0.05) is 43.9 Å². The third-order valence-electron chi connectivity index (χ3n) is 4.80. The first-order valence-electron chi connectivity index (χ1n) is 7.97. The number of hydrogen-bond donors (Lipinski definition) is 0. The lowest BCUT2D eigenvalue weighted by molar-refractivity contribution is 0.244. The second-order valence-electron chi connectivity index (χ2n) is 6.01. The number of rotatable bonds is 4. The zero-order valence-corrected chi connectivity index (χ0v) is 14.0. The molecule has 3 rings (SSSR count). The summed E-state index contributed by atoms with van der Waals surface area (Å²) in [6, 6.07) is 6.40. The molecule has 1 unspecified atom stereocenters. The second-order valence-corrected chi connectivity index (χ2v) is 6.69. The Labute approximate surface area is 136 Å². The summed E-state index contributed by atoms with van der Waals surface area (Å²) in [5.41, 5.74) is 2.03. The molecule has 1 saturated carbocycles. The molecule has 0 saturated heterocycles. The SMILES string of the molecule is CCC(C1CCCCC1)n1c(CCl)nc2cccc(Cl)c21. The third-order valence-corrected chi connectivity index (χ3v) is 5.34. The minimum Gasteiger partial charge on any atom is -0.322 e. The van der Waals surface area contributed by atoms with Gasteiger partial charge in [-0.15, -0.1) is 11.6 Å². The number of hydrogen-bond acceptors (Lipinski definition) is 1. The van der Waals surface area contributed by atoms with Gasteiger partial charge in [0.05, 0.1) is 21.9 Å². The molecule has 2 nitrogen and oxygen atoms in total.